The van der Waals surface area contributed by atoms with Crippen LogP contribution in [-0.4, -0.2) is 11.3 Å². The van der Waals surface area contributed by atoms with Crippen LogP contribution in [0.2, 0.25) is 0 Å². The Balaban J connectivity index is 0. The maximum atomic E-state index is 2.47. The van der Waals surface area contributed by atoms with Crippen LogP contribution in [0.4, 0.5) is 0 Å². The molecule has 0 aromatic carbocycles. The Morgan fingerprint density at radius 2 is 1.06 bits per heavy atom. The summed E-state index contributed by atoms with van der Waals surface area (Å²) in [5, 5.41) is 0. The molecule has 0 nitrogen and oxygen atoms in total. The monoisotopic (exact) mass is 316 g/mol. The summed E-state index contributed by atoms with van der Waals surface area (Å²) in [4.78, 5) is 0. The summed E-state index contributed by atoms with van der Waals surface area (Å²) in [5.41, 5.74) is 1.96. The van der Waals surface area contributed by atoms with E-state index in [1.165, 1.54) is 72.8 Å². The third kappa shape index (κ3) is 15.0. The summed E-state index contributed by atoms with van der Waals surface area (Å²) in [6.07, 6.45) is 14.4. The van der Waals surface area contributed by atoms with Crippen molar-refractivity contribution >= 4 is 8.58 Å². The van der Waals surface area contributed by atoms with Crippen LogP contribution in [0.3, 0.4) is 0 Å². The van der Waals surface area contributed by atoms with Crippen LogP contribution in [0.1, 0.15) is 91.9 Å². The zero-order valence-electron chi connectivity index (χ0n) is 13.0. The second kappa shape index (κ2) is 16.0. The first-order valence-electron chi connectivity index (χ1n) is 7.96. The standard InChI is InChI=1S/C16H35P.Ni/c1-5-7-9-11-13-15(3)17-16(4)14-12-10-8-6-2;/h15-17H,5-14H2,1-4H3;. The van der Waals surface area contributed by atoms with Crippen LogP contribution in [0.15, 0.2) is 0 Å². The van der Waals surface area contributed by atoms with Gasteiger partial charge in [0.05, 0.1) is 0 Å². The largest absolute Gasteiger partial charge is 0.116 e. The van der Waals surface area contributed by atoms with Gasteiger partial charge in [0.15, 0.2) is 0 Å². The fourth-order valence-corrected chi connectivity index (χ4v) is 4.12. The van der Waals surface area contributed by atoms with Gasteiger partial charge >= 0.3 is 0 Å². The zero-order chi connectivity index (χ0) is 12.9. The van der Waals surface area contributed by atoms with Gasteiger partial charge < -0.3 is 0 Å². The molecule has 2 unspecified atom stereocenters. The van der Waals surface area contributed by atoms with Crippen molar-refractivity contribution < 1.29 is 16.5 Å². The first-order chi connectivity index (χ1) is 8.20. The summed E-state index contributed by atoms with van der Waals surface area (Å²) in [6, 6.07) is 0. The minimum atomic E-state index is 0. The Bertz CT molecular complexity index is 134. The molecule has 18 heavy (non-hydrogen) atoms. The molecule has 0 heterocycles. The van der Waals surface area contributed by atoms with Crippen molar-refractivity contribution in [2.24, 2.45) is 0 Å². The number of hydrogen-bond donors (Lipinski definition) is 0. The summed E-state index contributed by atoms with van der Waals surface area (Å²) >= 11 is 0. The van der Waals surface area contributed by atoms with Gasteiger partial charge in [-0.05, 0) is 24.2 Å². The predicted molar refractivity (Wildman–Crippen MR) is 84.8 cm³/mol. The number of hydrogen-bond acceptors (Lipinski definition) is 0. The van der Waals surface area contributed by atoms with Crippen LogP contribution >= 0.6 is 8.58 Å². The molecule has 114 valence electrons. The summed E-state index contributed by atoms with van der Waals surface area (Å²) in [7, 11) is 1.20. The van der Waals surface area contributed by atoms with E-state index in [1.54, 1.807) is 0 Å². The van der Waals surface area contributed by atoms with Crippen LogP contribution in [0, 0.1) is 0 Å². The fraction of sp³-hybridized carbons (Fsp3) is 1.00. The average Bonchev–Trinajstić information content (AvgIpc) is 2.30. The van der Waals surface area contributed by atoms with E-state index in [-0.39, 0.29) is 16.5 Å². The van der Waals surface area contributed by atoms with Gasteiger partial charge in [-0.2, -0.15) is 0 Å². The van der Waals surface area contributed by atoms with Gasteiger partial charge in [-0.3, -0.25) is 0 Å². The van der Waals surface area contributed by atoms with E-state index in [2.05, 4.69) is 27.7 Å². The molecular weight excluding hydrogens is 282 g/mol. The van der Waals surface area contributed by atoms with Gasteiger partial charge in [0.1, 0.15) is 0 Å². The van der Waals surface area contributed by atoms with Crippen molar-refractivity contribution in [3.8, 4) is 0 Å². The van der Waals surface area contributed by atoms with Crippen LogP contribution in [0.25, 0.3) is 0 Å². The smallest absolute Gasteiger partial charge is 0 e. The van der Waals surface area contributed by atoms with Crippen LogP contribution < -0.4 is 0 Å². The molecule has 0 saturated carbocycles. The van der Waals surface area contributed by atoms with Crippen molar-refractivity contribution in [3.63, 3.8) is 0 Å². The molecule has 0 aliphatic rings. The molecule has 0 radical (unpaired) electrons. The predicted octanol–water partition coefficient (Wildman–Crippen LogP) is 6.38. The SMILES string of the molecule is CCCCCCC(C)PC(C)CCCCCC.[Ni]. The minimum Gasteiger partial charge on any atom is -0.116 e. The van der Waals surface area contributed by atoms with Gasteiger partial charge in [-0.1, -0.05) is 79.1 Å². The molecule has 0 bridgehead atoms. The Morgan fingerprint density at radius 3 is 1.39 bits per heavy atom. The molecule has 0 rings (SSSR count). The van der Waals surface area contributed by atoms with Gasteiger partial charge in [-0.15, -0.1) is 8.58 Å². The van der Waals surface area contributed by atoms with E-state index >= 15 is 0 Å². The maximum absolute atomic E-state index is 2.47. The molecule has 0 amide bonds. The van der Waals surface area contributed by atoms with Crippen molar-refractivity contribution in [2.45, 2.75) is 103 Å². The molecule has 0 aliphatic carbocycles. The van der Waals surface area contributed by atoms with Crippen molar-refractivity contribution in [2.75, 3.05) is 0 Å². The summed E-state index contributed by atoms with van der Waals surface area (Å²) < 4.78 is 0. The number of rotatable bonds is 12. The topological polar surface area (TPSA) is 0 Å². The van der Waals surface area contributed by atoms with E-state index in [4.69, 9.17) is 0 Å². The van der Waals surface area contributed by atoms with Gasteiger partial charge in [0, 0.05) is 16.5 Å². The van der Waals surface area contributed by atoms with Crippen LogP contribution in [0.5, 0.6) is 0 Å². The molecule has 2 atom stereocenters. The van der Waals surface area contributed by atoms with Crippen molar-refractivity contribution in [1.82, 2.24) is 0 Å². The molecule has 0 N–H and O–H groups in total. The molecule has 0 aromatic rings. The minimum absolute atomic E-state index is 0. The molecule has 0 spiro atoms. The Morgan fingerprint density at radius 1 is 0.667 bits per heavy atom. The first kappa shape index (κ1) is 21.2. The quantitative estimate of drug-likeness (QED) is 0.222. The molecular formula is C16H35NiP. The van der Waals surface area contributed by atoms with Crippen molar-refractivity contribution in [1.29, 1.82) is 0 Å². The van der Waals surface area contributed by atoms with Gasteiger partial charge in [0.2, 0.25) is 0 Å². The third-order valence-electron chi connectivity index (χ3n) is 3.55. The Hall–Kier alpha value is 0.924. The summed E-state index contributed by atoms with van der Waals surface area (Å²) in [6.45, 7) is 9.52. The normalized spacial score (nSPS) is 14.7. The molecule has 0 fully saturated rings. The zero-order valence-corrected chi connectivity index (χ0v) is 15.0. The maximum Gasteiger partial charge on any atom is 0 e. The average molecular weight is 317 g/mol. The van der Waals surface area contributed by atoms with Crippen LogP contribution in [-0.2, 0) is 16.5 Å². The van der Waals surface area contributed by atoms with E-state index in [9.17, 15) is 0 Å². The number of unbranched alkanes of at least 4 members (excludes halogenated alkanes) is 6. The van der Waals surface area contributed by atoms with Gasteiger partial charge in [0.25, 0.3) is 0 Å². The second-order valence-corrected chi connectivity index (χ2v) is 7.97. The van der Waals surface area contributed by atoms with E-state index in [0.717, 1.165) is 11.3 Å². The van der Waals surface area contributed by atoms with E-state index in [0.29, 0.717) is 0 Å². The molecule has 0 saturated heterocycles. The van der Waals surface area contributed by atoms with E-state index in [1.807, 2.05) is 0 Å². The molecule has 0 aliphatic heterocycles. The molecule has 2 heteroatoms. The van der Waals surface area contributed by atoms with E-state index < -0.39 is 0 Å². The van der Waals surface area contributed by atoms with Gasteiger partial charge in [-0.25, -0.2) is 0 Å². The fourth-order valence-electron chi connectivity index (χ4n) is 2.41. The summed E-state index contributed by atoms with van der Waals surface area (Å²) in [5.74, 6) is 0. The first-order valence-corrected chi connectivity index (χ1v) is 9.12. The molecule has 0 aromatic heterocycles. The third-order valence-corrected chi connectivity index (χ3v) is 5.27. The Labute approximate surface area is 128 Å². The Kier molecular flexibility index (Phi) is 18.8. The van der Waals surface area contributed by atoms with Crippen molar-refractivity contribution in [3.05, 3.63) is 0 Å². The second-order valence-electron chi connectivity index (χ2n) is 5.67.